The molecule has 0 aliphatic heterocycles. The number of aromatic amines is 1. The molecule has 2 aromatic heterocycles. The number of rotatable bonds is 8. The topological polar surface area (TPSA) is 120 Å². The predicted octanol–water partition coefficient (Wildman–Crippen LogP) is 4.62. The molecular formula is C28H25N5O5S. The maximum atomic E-state index is 13.7. The minimum Gasteiger partial charge on any atom is -0.493 e. The van der Waals surface area contributed by atoms with Gasteiger partial charge in [-0.05, 0) is 31.2 Å². The SMILES string of the molecule is COc1cc(C(=O)N/N=C(\C)c2c(-c3ccccc3)[nH]n(-c3nc4ccccc4s3)c2=O)cc(OC)c1OC. The number of ether oxygens (including phenoxy) is 3. The van der Waals surface area contributed by atoms with E-state index in [0.717, 1.165) is 15.8 Å². The fourth-order valence-corrected chi connectivity index (χ4v) is 5.07. The molecule has 0 fully saturated rings. The Hall–Kier alpha value is -4.90. The van der Waals surface area contributed by atoms with Crippen molar-refractivity contribution in [3.05, 3.63) is 88.2 Å². The number of hydrogen-bond acceptors (Lipinski definition) is 8. The quantitative estimate of drug-likeness (QED) is 0.218. The van der Waals surface area contributed by atoms with Crippen LogP contribution in [0.5, 0.6) is 17.2 Å². The highest BCUT2D eigenvalue weighted by atomic mass is 32.1. The summed E-state index contributed by atoms with van der Waals surface area (Å²) >= 11 is 1.40. The number of aromatic nitrogens is 3. The van der Waals surface area contributed by atoms with E-state index in [1.165, 1.54) is 49.5 Å². The van der Waals surface area contributed by atoms with Gasteiger partial charge in [0, 0.05) is 11.1 Å². The van der Waals surface area contributed by atoms with Crippen LogP contribution in [0.25, 0.3) is 26.6 Å². The maximum Gasteiger partial charge on any atom is 0.283 e. The van der Waals surface area contributed by atoms with Gasteiger partial charge in [0.2, 0.25) is 10.9 Å². The van der Waals surface area contributed by atoms with Crippen LogP contribution in [0.1, 0.15) is 22.8 Å². The van der Waals surface area contributed by atoms with Gasteiger partial charge in [-0.2, -0.15) is 9.78 Å². The zero-order valence-electron chi connectivity index (χ0n) is 21.6. The number of thiazole rings is 1. The number of para-hydroxylation sites is 1. The Balaban J connectivity index is 1.54. The molecule has 39 heavy (non-hydrogen) atoms. The van der Waals surface area contributed by atoms with Gasteiger partial charge in [0.1, 0.15) is 0 Å². The van der Waals surface area contributed by atoms with Gasteiger partial charge in [-0.25, -0.2) is 10.4 Å². The number of fused-ring (bicyclic) bond motifs is 1. The molecule has 0 aliphatic rings. The van der Waals surface area contributed by atoms with Crippen molar-refractivity contribution < 1.29 is 19.0 Å². The lowest BCUT2D eigenvalue weighted by atomic mass is 10.1. The van der Waals surface area contributed by atoms with Crippen LogP contribution < -0.4 is 25.2 Å². The molecule has 0 atom stereocenters. The van der Waals surface area contributed by atoms with Crippen molar-refractivity contribution in [2.45, 2.75) is 6.92 Å². The van der Waals surface area contributed by atoms with Gasteiger partial charge in [-0.1, -0.05) is 53.8 Å². The van der Waals surface area contributed by atoms with E-state index < -0.39 is 5.91 Å². The van der Waals surface area contributed by atoms with Crippen LogP contribution in [-0.4, -0.2) is 47.7 Å². The standard InChI is InChI=1S/C28H25N5O5S/c1-16(30-31-26(34)18-14-20(36-2)25(38-4)21(15-18)37-3)23-24(17-10-6-5-7-11-17)32-33(27(23)35)28-29-19-12-8-9-13-22(19)39-28/h5-15,32H,1-4H3,(H,31,34)/b30-16+. The summed E-state index contributed by atoms with van der Waals surface area (Å²) in [5.74, 6) is 0.514. The summed E-state index contributed by atoms with van der Waals surface area (Å²) < 4.78 is 18.4. The van der Waals surface area contributed by atoms with Crippen LogP contribution in [0, 0.1) is 0 Å². The smallest absolute Gasteiger partial charge is 0.283 e. The third-order valence-corrected chi connectivity index (χ3v) is 7.06. The summed E-state index contributed by atoms with van der Waals surface area (Å²) in [6.45, 7) is 1.66. The molecule has 11 heteroatoms. The van der Waals surface area contributed by atoms with Crippen molar-refractivity contribution in [1.82, 2.24) is 20.2 Å². The van der Waals surface area contributed by atoms with Gasteiger partial charge in [0.15, 0.2) is 11.5 Å². The van der Waals surface area contributed by atoms with E-state index in [2.05, 4.69) is 20.6 Å². The van der Waals surface area contributed by atoms with Crippen molar-refractivity contribution in [3.63, 3.8) is 0 Å². The minimum absolute atomic E-state index is 0.241. The van der Waals surface area contributed by atoms with Crippen molar-refractivity contribution >= 4 is 33.2 Å². The number of H-pyrrole nitrogens is 1. The molecule has 0 aliphatic carbocycles. The zero-order chi connectivity index (χ0) is 27.5. The predicted molar refractivity (Wildman–Crippen MR) is 151 cm³/mol. The van der Waals surface area contributed by atoms with Crippen LogP contribution in [-0.2, 0) is 0 Å². The van der Waals surface area contributed by atoms with Gasteiger partial charge in [-0.15, -0.1) is 0 Å². The normalized spacial score (nSPS) is 11.4. The Labute approximate surface area is 227 Å². The number of nitrogens with zero attached hydrogens (tertiary/aromatic N) is 3. The first-order chi connectivity index (χ1) is 18.9. The molecule has 5 aromatic rings. The lowest BCUT2D eigenvalue weighted by Gasteiger charge is -2.13. The summed E-state index contributed by atoms with van der Waals surface area (Å²) in [5, 5.41) is 7.97. The number of nitrogens with one attached hydrogen (secondary N) is 2. The van der Waals surface area contributed by atoms with E-state index in [-0.39, 0.29) is 11.1 Å². The Morgan fingerprint density at radius 3 is 2.28 bits per heavy atom. The molecule has 3 aromatic carbocycles. The molecule has 0 saturated carbocycles. The first kappa shape index (κ1) is 25.7. The summed E-state index contributed by atoms with van der Waals surface area (Å²) in [5.41, 5.74) is 5.21. The Morgan fingerprint density at radius 2 is 1.64 bits per heavy atom. The summed E-state index contributed by atoms with van der Waals surface area (Å²) in [7, 11) is 4.42. The van der Waals surface area contributed by atoms with Crippen LogP contribution in [0.15, 0.2) is 76.6 Å². The third-order valence-electron chi connectivity index (χ3n) is 6.04. The molecule has 0 spiro atoms. The molecule has 1 amide bonds. The minimum atomic E-state index is -0.517. The molecule has 2 N–H and O–H groups in total. The number of carbonyl (C=O) groups excluding carboxylic acids is 1. The monoisotopic (exact) mass is 543 g/mol. The molecule has 0 radical (unpaired) electrons. The van der Waals surface area contributed by atoms with Gasteiger partial charge >= 0.3 is 0 Å². The molecule has 0 saturated heterocycles. The fraction of sp³-hybridized carbons (Fsp3) is 0.143. The maximum absolute atomic E-state index is 13.7. The number of methoxy groups -OCH3 is 3. The second kappa shape index (κ2) is 10.8. The van der Waals surface area contributed by atoms with E-state index in [4.69, 9.17) is 14.2 Å². The summed E-state index contributed by atoms with van der Waals surface area (Å²) in [4.78, 5) is 31.3. The van der Waals surface area contributed by atoms with Crippen molar-refractivity contribution in [1.29, 1.82) is 0 Å². The third kappa shape index (κ3) is 4.87. The van der Waals surface area contributed by atoms with Crippen LogP contribution in [0.4, 0.5) is 0 Å². The molecule has 0 unspecified atom stereocenters. The largest absolute Gasteiger partial charge is 0.493 e. The fourth-order valence-electron chi connectivity index (χ4n) is 4.14. The number of amides is 1. The van der Waals surface area contributed by atoms with Gasteiger partial charge in [0.25, 0.3) is 11.5 Å². The van der Waals surface area contributed by atoms with E-state index >= 15 is 0 Å². The average molecular weight is 544 g/mol. The first-order valence-corrected chi connectivity index (χ1v) is 12.7. The van der Waals surface area contributed by atoms with E-state index in [1.54, 1.807) is 6.92 Å². The number of carbonyl (C=O) groups is 1. The van der Waals surface area contributed by atoms with Crippen LogP contribution >= 0.6 is 11.3 Å². The van der Waals surface area contributed by atoms with E-state index in [0.29, 0.717) is 39.3 Å². The molecule has 2 heterocycles. The van der Waals surface area contributed by atoms with Gasteiger partial charge < -0.3 is 14.2 Å². The Bertz CT molecular complexity index is 1700. The molecule has 198 valence electrons. The number of hydrogen-bond donors (Lipinski definition) is 2. The zero-order valence-corrected chi connectivity index (χ0v) is 22.5. The summed E-state index contributed by atoms with van der Waals surface area (Å²) in [6, 6.07) is 20.1. The van der Waals surface area contributed by atoms with E-state index in [9.17, 15) is 9.59 Å². The highest BCUT2D eigenvalue weighted by Crippen LogP contribution is 2.38. The van der Waals surface area contributed by atoms with Gasteiger partial charge in [-0.3, -0.25) is 14.7 Å². The Morgan fingerprint density at radius 1 is 0.974 bits per heavy atom. The first-order valence-electron chi connectivity index (χ1n) is 11.9. The molecule has 10 nitrogen and oxygen atoms in total. The molecule has 5 rings (SSSR count). The highest BCUT2D eigenvalue weighted by molar-refractivity contribution is 7.20. The van der Waals surface area contributed by atoms with Crippen LogP contribution in [0.2, 0.25) is 0 Å². The molecule has 0 bridgehead atoms. The van der Waals surface area contributed by atoms with Crippen LogP contribution in [0.3, 0.4) is 0 Å². The van der Waals surface area contributed by atoms with Gasteiger partial charge in [0.05, 0.1) is 48.5 Å². The van der Waals surface area contributed by atoms with Crippen molar-refractivity contribution in [2.24, 2.45) is 5.10 Å². The summed E-state index contributed by atoms with van der Waals surface area (Å²) in [6.07, 6.45) is 0. The number of benzene rings is 3. The van der Waals surface area contributed by atoms with Crippen molar-refractivity contribution in [3.8, 4) is 33.6 Å². The number of hydrazone groups is 1. The second-order valence-electron chi connectivity index (χ2n) is 8.38. The lowest BCUT2D eigenvalue weighted by Crippen LogP contribution is -2.23. The average Bonchev–Trinajstić information content (AvgIpc) is 3.56. The van der Waals surface area contributed by atoms with E-state index in [1.807, 2.05) is 54.6 Å². The lowest BCUT2D eigenvalue weighted by molar-refractivity contribution is 0.0954. The van der Waals surface area contributed by atoms with Crippen molar-refractivity contribution in [2.75, 3.05) is 21.3 Å². The Kier molecular flexibility index (Phi) is 7.15. The second-order valence-corrected chi connectivity index (χ2v) is 9.39. The molecular weight excluding hydrogens is 518 g/mol. The highest BCUT2D eigenvalue weighted by Gasteiger charge is 2.22.